The number of carbonyl (C=O) groups excluding carboxylic acids is 1. The molecule has 0 aliphatic carbocycles. The lowest BCUT2D eigenvalue weighted by Crippen LogP contribution is -2.27. The van der Waals surface area contributed by atoms with Crippen molar-refractivity contribution >= 4 is 44.8 Å². The van der Waals surface area contributed by atoms with Gasteiger partial charge >= 0.3 is 0 Å². The lowest BCUT2D eigenvalue weighted by Gasteiger charge is -2.16. The van der Waals surface area contributed by atoms with Crippen LogP contribution in [0.5, 0.6) is 0 Å². The van der Waals surface area contributed by atoms with E-state index in [-0.39, 0.29) is 11.9 Å². The normalized spacial score (nSPS) is 12.2. The molecule has 0 radical (unpaired) electrons. The van der Waals surface area contributed by atoms with Gasteiger partial charge in [0.2, 0.25) is 0 Å². The smallest absolute Gasteiger partial charge is 0.252 e. The van der Waals surface area contributed by atoms with E-state index >= 15 is 0 Å². The van der Waals surface area contributed by atoms with E-state index in [0.29, 0.717) is 10.6 Å². The lowest BCUT2D eigenvalue weighted by molar-refractivity contribution is 0.0935. The summed E-state index contributed by atoms with van der Waals surface area (Å²) in [5.41, 5.74) is 0.558. The summed E-state index contributed by atoms with van der Waals surface area (Å²) in [7, 11) is 0. The second kappa shape index (κ2) is 6.55. The van der Waals surface area contributed by atoms with Gasteiger partial charge < -0.3 is 5.32 Å². The van der Waals surface area contributed by atoms with Gasteiger partial charge in [0.05, 0.1) is 11.6 Å². The molecular formula is C14H13BrClNOS. The fraction of sp³-hybridized carbons (Fsp3) is 0.214. The van der Waals surface area contributed by atoms with Crippen LogP contribution in [0.25, 0.3) is 0 Å². The van der Waals surface area contributed by atoms with Crippen molar-refractivity contribution in [2.24, 2.45) is 0 Å². The van der Waals surface area contributed by atoms with Crippen LogP contribution in [0.4, 0.5) is 0 Å². The zero-order chi connectivity index (χ0) is 13.8. The Morgan fingerprint density at radius 1 is 1.47 bits per heavy atom. The molecule has 0 saturated heterocycles. The third kappa shape index (κ3) is 3.59. The minimum atomic E-state index is -0.116. The molecule has 1 heterocycles. The second-order valence-corrected chi connectivity index (χ2v) is 6.34. The number of hydrogen-bond acceptors (Lipinski definition) is 2. The number of carbonyl (C=O) groups is 1. The van der Waals surface area contributed by atoms with Gasteiger partial charge in [-0.1, -0.05) is 24.6 Å². The number of rotatable bonds is 4. The average molecular weight is 359 g/mol. The van der Waals surface area contributed by atoms with Crippen LogP contribution in [0, 0.1) is 0 Å². The van der Waals surface area contributed by atoms with Crippen LogP contribution in [0.3, 0.4) is 0 Å². The number of thiophene rings is 1. The number of halogens is 2. The zero-order valence-electron chi connectivity index (χ0n) is 10.3. The SMILES string of the molecule is CCC(NC(=O)c1cc(Cl)ccc1Br)c1cccs1. The van der Waals surface area contributed by atoms with Crippen LogP contribution < -0.4 is 5.32 Å². The van der Waals surface area contributed by atoms with E-state index in [2.05, 4.69) is 28.2 Å². The Bertz CT molecular complexity index is 571. The van der Waals surface area contributed by atoms with Gasteiger partial charge in [0.1, 0.15) is 0 Å². The molecule has 2 aromatic rings. The third-order valence-corrected chi connectivity index (χ3v) is 4.69. The fourth-order valence-electron chi connectivity index (χ4n) is 1.77. The molecule has 1 aromatic heterocycles. The van der Waals surface area contributed by atoms with E-state index in [0.717, 1.165) is 15.8 Å². The zero-order valence-corrected chi connectivity index (χ0v) is 13.5. The molecule has 2 rings (SSSR count). The minimum Gasteiger partial charge on any atom is -0.344 e. The first-order chi connectivity index (χ1) is 9.11. The molecule has 19 heavy (non-hydrogen) atoms. The molecule has 0 spiro atoms. The molecule has 1 aromatic carbocycles. The molecular weight excluding hydrogens is 346 g/mol. The Hall–Kier alpha value is -0.840. The summed E-state index contributed by atoms with van der Waals surface area (Å²) in [4.78, 5) is 13.4. The minimum absolute atomic E-state index is 0.0402. The maximum Gasteiger partial charge on any atom is 0.252 e. The van der Waals surface area contributed by atoms with E-state index in [1.54, 1.807) is 29.5 Å². The molecule has 1 atom stereocenters. The van der Waals surface area contributed by atoms with Crippen molar-refractivity contribution in [2.45, 2.75) is 19.4 Å². The highest BCUT2D eigenvalue weighted by Gasteiger charge is 2.17. The molecule has 5 heteroatoms. The first-order valence-electron chi connectivity index (χ1n) is 5.91. The van der Waals surface area contributed by atoms with Crippen LogP contribution in [0.2, 0.25) is 5.02 Å². The lowest BCUT2D eigenvalue weighted by atomic mass is 10.1. The van der Waals surface area contributed by atoms with Crippen molar-refractivity contribution in [3.05, 3.63) is 55.6 Å². The van der Waals surface area contributed by atoms with Crippen molar-refractivity contribution in [3.8, 4) is 0 Å². The Labute approximate surface area is 129 Å². The summed E-state index contributed by atoms with van der Waals surface area (Å²) in [6.45, 7) is 2.05. The first-order valence-corrected chi connectivity index (χ1v) is 7.96. The van der Waals surface area contributed by atoms with E-state index in [4.69, 9.17) is 11.6 Å². The highest BCUT2D eigenvalue weighted by Crippen LogP contribution is 2.25. The third-order valence-electron chi connectivity index (χ3n) is 2.77. The van der Waals surface area contributed by atoms with Gasteiger partial charge in [-0.15, -0.1) is 11.3 Å². The van der Waals surface area contributed by atoms with Crippen molar-refractivity contribution in [3.63, 3.8) is 0 Å². The number of nitrogens with one attached hydrogen (secondary N) is 1. The van der Waals surface area contributed by atoms with Gasteiger partial charge in [0.15, 0.2) is 0 Å². The molecule has 1 N–H and O–H groups in total. The van der Waals surface area contributed by atoms with Crippen LogP contribution in [0.1, 0.15) is 34.6 Å². The number of amides is 1. The van der Waals surface area contributed by atoms with Gasteiger partial charge in [-0.3, -0.25) is 4.79 Å². The summed E-state index contributed by atoms with van der Waals surface area (Å²) in [5.74, 6) is -0.116. The Kier molecular flexibility index (Phi) is 5.02. The standard InChI is InChI=1S/C14H13BrClNOS/c1-2-12(13-4-3-7-19-13)17-14(18)10-8-9(16)5-6-11(10)15/h3-8,12H,2H2,1H3,(H,17,18). The highest BCUT2D eigenvalue weighted by molar-refractivity contribution is 9.10. The van der Waals surface area contributed by atoms with Gasteiger partial charge in [-0.05, 0) is 52.0 Å². The van der Waals surface area contributed by atoms with E-state index in [1.165, 1.54) is 0 Å². The molecule has 2 nitrogen and oxygen atoms in total. The molecule has 0 bridgehead atoms. The average Bonchev–Trinajstić information content (AvgIpc) is 2.92. The highest BCUT2D eigenvalue weighted by atomic mass is 79.9. The van der Waals surface area contributed by atoms with Crippen LogP contribution in [-0.4, -0.2) is 5.91 Å². The molecule has 0 saturated carbocycles. The molecule has 1 amide bonds. The largest absolute Gasteiger partial charge is 0.344 e. The maximum atomic E-state index is 12.3. The number of hydrogen-bond donors (Lipinski definition) is 1. The molecule has 0 fully saturated rings. The van der Waals surface area contributed by atoms with Crippen molar-refractivity contribution in [1.82, 2.24) is 5.32 Å². The van der Waals surface area contributed by atoms with Crippen LogP contribution in [-0.2, 0) is 0 Å². The topological polar surface area (TPSA) is 29.1 Å². The van der Waals surface area contributed by atoms with Crippen molar-refractivity contribution in [1.29, 1.82) is 0 Å². The quantitative estimate of drug-likeness (QED) is 0.814. The van der Waals surface area contributed by atoms with Crippen LogP contribution >= 0.6 is 38.9 Å². The molecule has 0 aliphatic heterocycles. The second-order valence-electron chi connectivity index (χ2n) is 4.07. The van der Waals surface area contributed by atoms with Gasteiger partial charge in [-0.25, -0.2) is 0 Å². The monoisotopic (exact) mass is 357 g/mol. The van der Waals surface area contributed by atoms with E-state index in [9.17, 15) is 4.79 Å². The van der Waals surface area contributed by atoms with Gasteiger partial charge in [-0.2, -0.15) is 0 Å². The first kappa shape index (κ1) is 14.6. The summed E-state index contributed by atoms with van der Waals surface area (Å²) < 4.78 is 0.746. The van der Waals surface area contributed by atoms with Gasteiger partial charge in [0, 0.05) is 14.4 Å². The molecule has 100 valence electrons. The van der Waals surface area contributed by atoms with Crippen molar-refractivity contribution < 1.29 is 4.79 Å². The predicted molar refractivity (Wildman–Crippen MR) is 84.0 cm³/mol. The van der Waals surface area contributed by atoms with Crippen molar-refractivity contribution in [2.75, 3.05) is 0 Å². The summed E-state index contributed by atoms with van der Waals surface area (Å²) in [6, 6.07) is 9.26. The van der Waals surface area contributed by atoms with Gasteiger partial charge in [0.25, 0.3) is 5.91 Å². The van der Waals surface area contributed by atoms with E-state index < -0.39 is 0 Å². The Morgan fingerprint density at radius 3 is 2.89 bits per heavy atom. The number of benzene rings is 1. The summed E-state index contributed by atoms with van der Waals surface area (Å²) in [5, 5.41) is 5.60. The summed E-state index contributed by atoms with van der Waals surface area (Å²) >= 11 is 11.0. The van der Waals surface area contributed by atoms with Crippen LogP contribution in [0.15, 0.2) is 40.2 Å². The molecule has 1 unspecified atom stereocenters. The summed E-state index contributed by atoms with van der Waals surface area (Å²) in [6.07, 6.45) is 0.852. The Morgan fingerprint density at radius 2 is 2.26 bits per heavy atom. The Balaban J connectivity index is 2.18. The fourth-order valence-corrected chi connectivity index (χ4v) is 3.23. The predicted octanol–water partition coefficient (Wildman–Crippen LogP) is 5.05. The van der Waals surface area contributed by atoms with E-state index in [1.807, 2.05) is 17.5 Å². The maximum absolute atomic E-state index is 12.3. The molecule has 0 aliphatic rings.